The topological polar surface area (TPSA) is 50.2 Å². The van der Waals surface area contributed by atoms with Crippen molar-refractivity contribution in [2.45, 2.75) is 19.4 Å². The Hall–Kier alpha value is -3.22. The molecule has 2 heterocycles. The molecule has 0 saturated heterocycles. The summed E-state index contributed by atoms with van der Waals surface area (Å²) in [6, 6.07) is 9.44. The molecule has 0 atom stereocenters. The Morgan fingerprint density at radius 1 is 1.17 bits per heavy atom. The molecule has 1 aliphatic heterocycles. The van der Waals surface area contributed by atoms with Gasteiger partial charge < -0.3 is 10.2 Å². The van der Waals surface area contributed by atoms with Crippen LogP contribution in [-0.4, -0.2) is 29.3 Å². The summed E-state index contributed by atoms with van der Waals surface area (Å²) in [6.07, 6.45) is 3.68. The smallest absolute Gasteiger partial charge is 0.255 e. The number of nitrogens with zero attached hydrogens (tertiary/aromatic N) is 3. The second kappa shape index (κ2) is 7.66. The van der Waals surface area contributed by atoms with Gasteiger partial charge in [0.15, 0.2) is 0 Å². The van der Waals surface area contributed by atoms with Gasteiger partial charge in [-0.25, -0.2) is 8.78 Å². The highest BCUT2D eigenvalue weighted by molar-refractivity contribution is 5.99. The van der Waals surface area contributed by atoms with E-state index in [9.17, 15) is 13.6 Å². The molecule has 0 radical (unpaired) electrons. The number of hydrogen-bond donors (Lipinski definition) is 1. The number of carbonyl (C=O) groups is 1. The molecule has 1 amide bonds. The minimum absolute atomic E-state index is 0.0916. The number of aryl methyl sites for hydroxylation is 2. The van der Waals surface area contributed by atoms with Crippen molar-refractivity contribution in [1.82, 2.24) is 15.1 Å². The molecular formula is C22H22F2N4O. The minimum Gasteiger partial charge on any atom is -0.374 e. The summed E-state index contributed by atoms with van der Waals surface area (Å²) < 4.78 is 28.9. The highest BCUT2D eigenvalue weighted by Crippen LogP contribution is 2.27. The number of amides is 1. The Morgan fingerprint density at radius 2 is 2.00 bits per heavy atom. The lowest BCUT2D eigenvalue weighted by Crippen LogP contribution is -2.26. The van der Waals surface area contributed by atoms with E-state index < -0.39 is 11.6 Å². The summed E-state index contributed by atoms with van der Waals surface area (Å²) in [5.74, 6) is -1.78. The molecule has 0 aliphatic carbocycles. The Kier molecular flexibility index (Phi) is 5.05. The van der Waals surface area contributed by atoms with Gasteiger partial charge in [-0.15, -0.1) is 0 Å². The molecule has 7 heteroatoms. The van der Waals surface area contributed by atoms with Crippen LogP contribution in [0.4, 0.5) is 14.5 Å². The number of aromatic nitrogens is 2. The van der Waals surface area contributed by atoms with Crippen molar-refractivity contribution in [3.05, 3.63) is 70.9 Å². The second-order valence-corrected chi connectivity index (χ2v) is 7.36. The molecule has 0 spiro atoms. The van der Waals surface area contributed by atoms with E-state index >= 15 is 0 Å². The van der Waals surface area contributed by atoms with Crippen molar-refractivity contribution in [3.63, 3.8) is 0 Å². The van der Waals surface area contributed by atoms with E-state index in [1.165, 1.54) is 28.2 Å². The summed E-state index contributed by atoms with van der Waals surface area (Å²) in [6.45, 7) is 1.41. The zero-order valence-electron chi connectivity index (χ0n) is 16.4. The van der Waals surface area contributed by atoms with E-state index in [4.69, 9.17) is 0 Å². The van der Waals surface area contributed by atoms with Gasteiger partial charge in [-0.2, -0.15) is 5.10 Å². The monoisotopic (exact) mass is 396 g/mol. The number of nitrogens with one attached hydrogen (secondary N) is 1. The maximum atomic E-state index is 14.2. The first kappa shape index (κ1) is 19.1. The number of hydrogen-bond acceptors (Lipinski definition) is 3. The maximum Gasteiger partial charge on any atom is 0.255 e. The van der Waals surface area contributed by atoms with Crippen molar-refractivity contribution in [3.8, 4) is 11.3 Å². The van der Waals surface area contributed by atoms with E-state index in [1.807, 2.05) is 6.07 Å². The van der Waals surface area contributed by atoms with Crippen LogP contribution in [0.3, 0.4) is 0 Å². The quantitative estimate of drug-likeness (QED) is 0.732. The molecule has 0 unspecified atom stereocenters. The average molecular weight is 396 g/mol. The molecule has 3 aromatic rings. The maximum absolute atomic E-state index is 14.2. The molecule has 4 rings (SSSR count). The lowest BCUT2D eigenvalue weighted by atomic mass is 9.99. The van der Waals surface area contributed by atoms with E-state index in [2.05, 4.69) is 34.5 Å². The van der Waals surface area contributed by atoms with Gasteiger partial charge in [-0.05, 0) is 42.2 Å². The van der Waals surface area contributed by atoms with Crippen LogP contribution >= 0.6 is 0 Å². The van der Waals surface area contributed by atoms with E-state index in [0.29, 0.717) is 6.54 Å². The third kappa shape index (κ3) is 3.85. The van der Waals surface area contributed by atoms with Crippen molar-refractivity contribution in [2.24, 2.45) is 7.05 Å². The first-order chi connectivity index (χ1) is 13.9. The molecular weight excluding hydrogens is 374 g/mol. The number of fused-ring (bicyclic) bond motifs is 1. The van der Waals surface area contributed by atoms with Gasteiger partial charge >= 0.3 is 0 Å². The summed E-state index contributed by atoms with van der Waals surface area (Å²) in [4.78, 5) is 15.0. The van der Waals surface area contributed by atoms with Gasteiger partial charge in [0, 0.05) is 50.7 Å². The molecule has 1 aliphatic rings. The molecule has 0 saturated carbocycles. The first-order valence-corrected chi connectivity index (χ1v) is 9.52. The predicted molar refractivity (Wildman–Crippen MR) is 108 cm³/mol. The van der Waals surface area contributed by atoms with Gasteiger partial charge in [0.05, 0.1) is 5.56 Å². The average Bonchev–Trinajstić information content (AvgIpc) is 3.07. The fourth-order valence-electron chi connectivity index (χ4n) is 3.76. The van der Waals surface area contributed by atoms with Crippen LogP contribution < -0.4 is 10.2 Å². The SMILES string of the molecule is CN1CCCc2cc(CNC(=O)c3cn(C)nc3-c3ccc(F)cc3F)ccc21. The number of carbonyl (C=O) groups excluding carboxylic acids is 1. The van der Waals surface area contributed by atoms with Crippen LogP contribution in [0.25, 0.3) is 11.3 Å². The summed E-state index contributed by atoms with van der Waals surface area (Å²) in [5.41, 5.74) is 4.04. The predicted octanol–water partition coefficient (Wildman–Crippen LogP) is 3.68. The Morgan fingerprint density at radius 3 is 2.79 bits per heavy atom. The van der Waals surface area contributed by atoms with Crippen LogP contribution in [0.15, 0.2) is 42.6 Å². The molecule has 150 valence electrons. The van der Waals surface area contributed by atoms with Crippen molar-refractivity contribution < 1.29 is 13.6 Å². The van der Waals surface area contributed by atoms with Gasteiger partial charge in [-0.3, -0.25) is 9.48 Å². The van der Waals surface area contributed by atoms with Gasteiger partial charge in [0.2, 0.25) is 0 Å². The molecule has 2 aromatic carbocycles. The van der Waals surface area contributed by atoms with Crippen LogP contribution in [0.5, 0.6) is 0 Å². The van der Waals surface area contributed by atoms with Crippen LogP contribution in [0, 0.1) is 11.6 Å². The highest BCUT2D eigenvalue weighted by Gasteiger charge is 2.20. The van der Waals surface area contributed by atoms with Gasteiger partial charge in [0.1, 0.15) is 17.3 Å². The van der Waals surface area contributed by atoms with Crippen molar-refractivity contribution in [2.75, 3.05) is 18.5 Å². The highest BCUT2D eigenvalue weighted by atomic mass is 19.1. The fraction of sp³-hybridized carbons (Fsp3) is 0.273. The molecule has 0 bridgehead atoms. The summed E-state index contributed by atoms with van der Waals surface area (Å²) >= 11 is 0. The Labute approximate surface area is 168 Å². The van der Waals surface area contributed by atoms with E-state index in [1.54, 1.807) is 7.05 Å². The third-order valence-electron chi connectivity index (χ3n) is 5.21. The van der Waals surface area contributed by atoms with Crippen molar-refractivity contribution in [1.29, 1.82) is 0 Å². The van der Waals surface area contributed by atoms with Crippen LogP contribution in [0.1, 0.15) is 27.9 Å². The molecule has 29 heavy (non-hydrogen) atoms. The molecule has 1 N–H and O–H groups in total. The number of rotatable bonds is 4. The van der Waals surface area contributed by atoms with E-state index in [0.717, 1.165) is 37.1 Å². The standard InChI is InChI=1S/C22H22F2N4O/c1-27-9-3-4-15-10-14(5-8-20(15)27)12-25-22(29)18-13-28(2)26-21(18)17-7-6-16(23)11-19(17)24/h5-8,10-11,13H,3-4,9,12H2,1-2H3,(H,25,29). The number of benzene rings is 2. The minimum atomic E-state index is -0.753. The lowest BCUT2D eigenvalue weighted by molar-refractivity contribution is 0.0951. The largest absolute Gasteiger partial charge is 0.374 e. The van der Waals surface area contributed by atoms with Gasteiger partial charge in [-0.1, -0.05) is 12.1 Å². The summed E-state index contributed by atoms with van der Waals surface area (Å²) in [7, 11) is 3.74. The Balaban J connectivity index is 1.54. The van der Waals surface area contributed by atoms with Crippen LogP contribution in [0.2, 0.25) is 0 Å². The molecule has 5 nitrogen and oxygen atoms in total. The zero-order valence-corrected chi connectivity index (χ0v) is 16.4. The number of halogens is 2. The van der Waals surface area contributed by atoms with E-state index in [-0.39, 0.29) is 22.7 Å². The first-order valence-electron chi connectivity index (χ1n) is 9.52. The fourth-order valence-corrected chi connectivity index (χ4v) is 3.76. The zero-order chi connectivity index (χ0) is 20.5. The third-order valence-corrected chi connectivity index (χ3v) is 5.21. The second-order valence-electron chi connectivity index (χ2n) is 7.36. The number of anilines is 1. The normalized spacial score (nSPS) is 13.3. The lowest BCUT2D eigenvalue weighted by Gasteiger charge is -2.27. The molecule has 0 fully saturated rings. The molecule has 1 aromatic heterocycles. The van der Waals surface area contributed by atoms with Gasteiger partial charge in [0.25, 0.3) is 5.91 Å². The Bertz CT molecular complexity index is 1080. The summed E-state index contributed by atoms with van der Waals surface area (Å²) in [5, 5.41) is 7.09. The van der Waals surface area contributed by atoms with Crippen molar-refractivity contribution >= 4 is 11.6 Å². The van der Waals surface area contributed by atoms with Crippen LogP contribution in [-0.2, 0) is 20.0 Å².